The summed E-state index contributed by atoms with van der Waals surface area (Å²) >= 11 is 0. The number of benzene rings is 1. The Bertz CT molecular complexity index is 336. The van der Waals surface area contributed by atoms with E-state index in [1.54, 1.807) is 25.1 Å². The summed E-state index contributed by atoms with van der Waals surface area (Å²) < 4.78 is 18.7. The van der Waals surface area contributed by atoms with E-state index >= 15 is 0 Å². The fourth-order valence-electron chi connectivity index (χ4n) is 1.23. The zero-order valence-corrected chi connectivity index (χ0v) is 8.87. The van der Waals surface area contributed by atoms with Crippen molar-refractivity contribution < 1.29 is 9.13 Å². The lowest BCUT2D eigenvalue weighted by Crippen LogP contribution is -2.07. The average Bonchev–Trinajstić information content (AvgIpc) is 2.17. The Balaban J connectivity index is 2.69. The van der Waals surface area contributed by atoms with Crippen LogP contribution in [0.15, 0.2) is 30.9 Å². The second-order valence-electron chi connectivity index (χ2n) is 3.40. The van der Waals surface area contributed by atoms with Gasteiger partial charge in [-0.1, -0.05) is 12.1 Å². The molecule has 0 fully saturated rings. The lowest BCUT2D eigenvalue weighted by molar-refractivity contribution is 0.323. The molecule has 3 heteroatoms. The average molecular weight is 209 g/mol. The lowest BCUT2D eigenvalue weighted by Gasteiger charge is -2.09. The maximum absolute atomic E-state index is 13.4. The second-order valence-corrected chi connectivity index (χ2v) is 3.40. The van der Waals surface area contributed by atoms with Crippen molar-refractivity contribution in [1.82, 2.24) is 0 Å². The topological polar surface area (TPSA) is 35.2 Å². The molecule has 1 atom stereocenters. The molecule has 0 unspecified atom stereocenters. The summed E-state index contributed by atoms with van der Waals surface area (Å²) in [6.07, 6.45) is 2.50. The van der Waals surface area contributed by atoms with Gasteiger partial charge < -0.3 is 10.5 Å². The summed E-state index contributed by atoms with van der Waals surface area (Å²) in [5.74, 6) is 0.208. The van der Waals surface area contributed by atoms with Gasteiger partial charge in [-0.2, -0.15) is 0 Å². The molecule has 2 nitrogen and oxygen atoms in total. The molecule has 0 heterocycles. The summed E-state index contributed by atoms with van der Waals surface area (Å²) in [5, 5.41) is 0. The molecule has 1 aromatic carbocycles. The van der Waals surface area contributed by atoms with Crippen LogP contribution in [0.3, 0.4) is 0 Å². The highest BCUT2D eigenvalue weighted by molar-refractivity contribution is 5.30. The summed E-state index contributed by atoms with van der Waals surface area (Å²) in [5.41, 5.74) is 6.10. The number of hydrogen-bond acceptors (Lipinski definition) is 2. The summed E-state index contributed by atoms with van der Waals surface area (Å²) in [4.78, 5) is 0. The van der Waals surface area contributed by atoms with Crippen LogP contribution in [0.4, 0.5) is 4.39 Å². The number of hydrogen-bond donors (Lipinski definition) is 1. The molecule has 0 aliphatic heterocycles. The molecule has 0 saturated carbocycles. The van der Waals surface area contributed by atoms with E-state index in [1.807, 2.05) is 0 Å². The Morgan fingerprint density at radius 3 is 2.87 bits per heavy atom. The fourth-order valence-corrected chi connectivity index (χ4v) is 1.23. The van der Waals surface area contributed by atoms with Crippen LogP contribution in [0.1, 0.15) is 24.9 Å². The van der Waals surface area contributed by atoms with E-state index in [0.717, 1.165) is 6.42 Å². The maximum Gasteiger partial charge on any atom is 0.131 e. The third-order valence-corrected chi connectivity index (χ3v) is 2.05. The van der Waals surface area contributed by atoms with Crippen LogP contribution in [0, 0.1) is 5.82 Å². The van der Waals surface area contributed by atoms with Crippen LogP contribution in [-0.4, -0.2) is 6.61 Å². The molecule has 1 aromatic rings. The molecule has 0 bridgehead atoms. The van der Waals surface area contributed by atoms with Crippen LogP contribution < -0.4 is 10.5 Å². The molecule has 0 aliphatic carbocycles. The highest BCUT2D eigenvalue weighted by Gasteiger charge is 2.07. The molecular formula is C12H16FNO. The maximum atomic E-state index is 13.4. The van der Waals surface area contributed by atoms with Crippen LogP contribution >= 0.6 is 0 Å². The minimum absolute atomic E-state index is 0.299. The van der Waals surface area contributed by atoms with Gasteiger partial charge in [-0.15, -0.1) is 6.58 Å². The third kappa shape index (κ3) is 3.36. The van der Waals surface area contributed by atoms with E-state index in [2.05, 4.69) is 6.58 Å². The standard InChI is InChI=1S/C12H16FNO/c1-3-4-7-15-10-5-6-11(9(2)14)12(13)8-10/h3,5-6,8-9H,1,4,7,14H2,2H3/t9-/m0/s1. The first-order valence-corrected chi connectivity index (χ1v) is 4.94. The molecule has 0 spiro atoms. The third-order valence-electron chi connectivity index (χ3n) is 2.05. The van der Waals surface area contributed by atoms with Crippen molar-refractivity contribution in [3.8, 4) is 5.75 Å². The molecule has 2 N–H and O–H groups in total. The molecular weight excluding hydrogens is 193 g/mol. The Labute approximate surface area is 89.6 Å². The van der Waals surface area contributed by atoms with Gasteiger partial charge in [0.15, 0.2) is 0 Å². The van der Waals surface area contributed by atoms with E-state index in [0.29, 0.717) is 17.9 Å². The zero-order valence-electron chi connectivity index (χ0n) is 8.87. The Morgan fingerprint density at radius 1 is 1.60 bits per heavy atom. The lowest BCUT2D eigenvalue weighted by atomic mass is 10.1. The molecule has 82 valence electrons. The summed E-state index contributed by atoms with van der Waals surface area (Å²) in [6, 6.07) is 4.45. The largest absolute Gasteiger partial charge is 0.493 e. The van der Waals surface area contributed by atoms with Crippen LogP contribution in [-0.2, 0) is 0 Å². The zero-order chi connectivity index (χ0) is 11.3. The molecule has 1 rings (SSSR count). The molecule has 0 amide bonds. The van der Waals surface area contributed by atoms with E-state index in [4.69, 9.17) is 10.5 Å². The van der Waals surface area contributed by atoms with Gasteiger partial charge in [-0.3, -0.25) is 0 Å². The Morgan fingerprint density at radius 2 is 2.33 bits per heavy atom. The molecule has 0 aromatic heterocycles. The van der Waals surface area contributed by atoms with Gasteiger partial charge >= 0.3 is 0 Å². The minimum atomic E-state index is -0.318. The van der Waals surface area contributed by atoms with Crippen molar-refractivity contribution in [3.63, 3.8) is 0 Å². The van der Waals surface area contributed by atoms with E-state index < -0.39 is 0 Å². The summed E-state index contributed by atoms with van der Waals surface area (Å²) in [6.45, 7) is 5.84. The Hall–Kier alpha value is -1.35. The predicted octanol–water partition coefficient (Wildman–Crippen LogP) is 2.80. The quantitative estimate of drug-likeness (QED) is 0.597. The molecule has 15 heavy (non-hydrogen) atoms. The minimum Gasteiger partial charge on any atom is -0.493 e. The highest BCUT2D eigenvalue weighted by Crippen LogP contribution is 2.20. The van der Waals surface area contributed by atoms with Crippen molar-refractivity contribution in [2.45, 2.75) is 19.4 Å². The van der Waals surface area contributed by atoms with E-state index in [1.165, 1.54) is 6.07 Å². The van der Waals surface area contributed by atoms with E-state index in [9.17, 15) is 4.39 Å². The van der Waals surface area contributed by atoms with E-state index in [-0.39, 0.29) is 11.9 Å². The van der Waals surface area contributed by atoms with Crippen molar-refractivity contribution in [2.75, 3.05) is 6.61 Å². The SMILES string of the molecule is C=CCCOc1ccc([C@H](C)N)c(F)c1. The monoisotopic (exact) mass is 209 g/mol. The van der Waals surface area contributed by atoms with Gasteiger partial charge in [-0.05, 0) is 19.4 Å². The highest BCUT2D eigenvalue weighted by atomic mass is 19.1. The first-order valence-electron chi connectivity index (χ1n) is 4.94. The van der Waals surface area contributed by atoms with Crippen LogP contribution in [0.5, 0.6) is 5.75 Å². The molecule has 0 saturated heterocycles. The smallest absolute Gasteiger partial charge is 0.131 e. The van der Waals surface area contributed by atoms with Crippen molar-refractivity contribution in [2.24, 2.45) is 5.73 Å². The van der Waals surface area contributed by atoms with Gasteiger partial charge in [0.2, 0.25) is 0 Å². The fraction of sp³-hybridized carbons (Fsp3) is 0.333. The Kier molecular flexibility index (Phi) is 4.31. The van der Waals surface area contributed by atoms with Gasteiger partial charge in [0.25, 0.3) is 0 Å². The molecule has 0 radical (unpaired) electrons. The first kappa shape index (κ1) is 11.7. The first-order chi connectivity index (χ1) is 7.15. The van der Waals surface area contributed by atoms with Gasteiger partial charge in [0, 0.05) is 17.7 Å². The number of rotatable bonds is 5. The van der Waals surface area contributed by atoms with Crippen molar-refractivity contribution in [1.29, 1.82) is 0 Å². The van der Waals surface area contributed by atoms with Gasteiger partial charge in [-0.25, -0.2) is 4.39 Å². The van der Waals surface area contributed by atoms with Crippen LogP contribution in [0.2, 0.25) is 0 Å². The van der Waals surface area contributed by atoms with Gasteiger partial charge in [0.1, 0.15) is 11.6 Å². The second kappa shape index (κ2) is 5.51. The van der Waals surface area contributed by atoms with Crippen molar-refractivity contribution >= 4 is 0 Å². The predicted molar refractivity (Wildman–Crippen MR) is 59.3 cm³/mol. The summed E-state index contributed by atoms with van der Waals surface area (Å²) in [7, 11) is 0. The number of nitrogens with two attached hydrogens (primary N) is 1. The number of ether oxygens (including phenoxy) is 1. The van der Waals surface area contributed by atoms with Crippen molar-refractivity contribution in [3.05, 3.63) is 42.2 Å². The number of halogens is 1. The van der Waals surface area contributed by atoms with Gasteiger partial charge in [0.05, 0.1) is 6.61 Å². The van der Waals surface area contributed by atoms with Crippen LogP contribution in [0.25, 0.3) is 0 Å². The normalized spacial score (nSPS) is 12.2. The molecule has 0 aliphatic rings.